The van der Waals surface area contributed by atoms with Crippen molar-refractivity contribution in [2.24, 2.45) is 0 Å². The first-order chi connectivity index (χ1) is 11.2. The lowest BCUT2D eigenvalue weighted by molar-refractivity contribution is 1.61. The van der Waals surface area contributed by atoms with Gasteiger partial charge in [-0.15, -0.1) is 11.3 Å². The van der Waals surface area contributed by atoms with Crippen LogP contribution in [0.2, 0.25) is 0 Å². The van der Waals surface area contributed by atoms with Gasteiger partial charge in [0.25, 0.3) is 0 Å². The standard InChI is InChI=1S/C20H12I2S/c21-15-9-5-13(6-10-15)19-17-3-1-2-4-18(17)23-20(19)14-7-11-16(22)12-8-14/h1-12H. The van der Waals surface area contributed by atoms with Crippen molar-refractivity contribution in [3.8, 4) is 21.6 Å². The molecule has 0 unspecified atom stereocenters. The molecule has 0 amide bonds. The maximum Gasteiger partial charge on any atom is 0.0433 e. The molecule has 0 atom stereocenters. The highest BCUT2D eigenvalue weighted by atomic mass is 127. The Morgan fingerprint density at radius 2 is 1.17 bits per heavy atom. The van der Waals surface area contributed by atoms with E-state index in [0.29, 0.717) is 0 Å². The molecule has 0 aliphatic heterocycles. The maximum atomic E-state index is 2.36. The Morgan fingerprint density at radius 1 is 0.609 bits per heavy atom. The molecule has 4 aromatic rings. The van der Waals surface area contributed by atoms with Crippen LogP contribution in [0.3, 0.4) is 0 Å². The summed E-state index contributed by atoms with van der Waals surface area (Å²) in [6.45, 7) is 0. The van der Waals surface area contributed by atoms with Crippen LogP contribution >= 0.6 is 56.5 Å². The zero-order valence-corrected chi connectivity index (χ0v) is 17.2. The van der Waals surface area contributed by atoms with E-state index in [0.717, 1.165) is 0 Å². The Hall–Kier alpha value is -0.920. The summed E-state index contributed by atoms with van der Waals surface area (Å²) in [6.07, 6.45) is 0. The summed E-state index contributed by atoms with van der Waals surface area (Å²) in [5, 5.41) is 1.34. The van der Waals surface area contributed by atoms with Crippen LogP contribution in [0.4, 0.5) is 0 Å². The third-order valence-electron chi connectivity index (χ3n) is 3.83. The van der Waals surface area contributed by atoms with Gasteiger partial charge in [-0.3, -0.25) is 0 Å². The maximum absolute atomic E-state index is 2.36. The van der Waals surface area contributed by atoms with Gasteiger partial charge >= 0.3 is 0 Å². The van der Waals surface area contributed by atoms with E-state index in [1.54, 1.807) is 0 Å². The van der Waals surface area contributed by atoms with Gasteiger partial charge in [-0.25, -0.2) is 0 Å². The van der Waals surface area contributed by atoms with Gasteiger partial charge < -0.3 is 0 Å². The molecule has 0 aliphatic carbocycles. The molecule has 1 heterocycles. The zero-order valence-electron chi connectivity index (χ0n) is 12.1. The van der Waals surface area contributed by atoms with Crippen LogP contribution in [0.5, 0.6) is 0 Å². The lowest BCUT2D eigenvalue weighted by Gasteiger charge is -2.06. The molecule has 0 spiro atoms. The van der Waals surface area contributed by atoms with Crippen molar-refractivity contribution >= 4 is 66.6 Å². The molecule has 0 saturated carbocycles. The molecule has 0 N–H and O–H groups in total. The molecular formula is C20H12I2S. The predicted molar refractivity (Wildman–Crippen MR) is 118 cm³/mol. The minimum absolute atomic E-state index is 1.27. The molecule has 4 rings (SSSR count). The van der Waals surface area contributed by atoms with Crippen LogP contribution < -0.4 is 0 Å². The smallest absolute Gasteiger partial charge is 0.0433 e. The third-order valence-corrected chi connectivity index (χ3v) is 6.49. The summed E-state index contributed by atoms with van der Waals surface area (Å²) in [6, 6.07) is 26.3. The molecular weight excluding hydrogens is 526 g/mol. The molecule has 3 heteroatoms. The number of rotatable bonds is 2. The molecule has 0 fully saturated rings. The number of fused-ring (bicyclic) bond motifs is 1. The van der Waals surface area contributed by atoms with Crippen molar-refractivity contribution in [2.75, 3.05) is 0 Å². The average molecular weight is 538 g/mol. The fourth-order valence-electron chi connectivity index (χ4n) is 2.75. The normalized spacial score (nSPS) is 11.0. The highest BCUT2D eigenvalue weighted by Gasteiger charge is 2.15. The second-order valence-corrected chi connectivity index (χ2v) is 8.86. The summed E-state index contributed by atoms with van der Waals surface area (Å²) in [5.74, 6) is 0. The van der Waals surface area contributed by atoms with Crippen molar-refractivity contribution in [1.29, 1.82) is 0 Å². The van der Waals surface area contributed by atoms with Gasteiger partial charge in [0.2, 0.25) is 0 Å². The predicted octanol–water partition coefficient (Wildman–Crippen LogP) is 7.44. The van der Waals surface area contributed by atoms with Crippen molar-refractivity contribution in [3.63, 3.8) is 0 Å². The average Bonchev–Trinajstić information content (AvgIpc) is 2.96. The molecule has 23 heavy (non-hydrogen) atoms. The largest absolute Gasteiger partial charge is 0.135 e. The van der Waals surface area contributed by atoms with Crippen LogP contribution in [0, 0.1) is 7.14 Å². The second kappa shape index (κ2) is 6.53. The SMILES string of the molecule is Ic1ccc(-c2sc3ccccc3c2-c2ccc(I)cc2)cc1. The van der Waals surface area contributed by atoms with E-state index >= 15 is 0 Å². The Balaban J connectivity index is 2.01. The van der Waals surface area contributed by atoms with E-state index in [2.05, 4.69) is 118 Å². The minimum Gasteiger partial charge on any atom is -0.135 e. The van der Waals surface area contributed by atoms with E-state index in [1.165, 1.54) is 38.8 Å². The van der Waals surface area contributed by atoms with Gasteiger partial charge in [-0.1, -0.05) is 42.5 Å². The molecule has 0 saturated heterocycles. The lowest BCUT2D eigenvalue weighted by atomic mass is 9.99. The minimum atomic E-state index is 1.27. The van der Waals surface area contributed by atoms with Crippen molar-refractivity contribution in [1.82, 2.24) is 0 Å². The van der Waals surface area contributed by atoms with Crippen LogP contribution in [0.15, 0.2) is 72.8 Å². The fraction of sp³-hybridized carbons (Fsp3) is 0. The van der Waals surface area contributed by atoms with E-state index in [9.17, 15) is 0 Å². The third kappa shape index (κ3) is 3.06. The molecule has 0 radical (unpaired) electrons. The van der Waals surface area contributed by atoms with E-state index < -0.39 is 0 Å². The Labute approximate surface area is 166 Å². The first-order valence-corrected chi connectivity index (χ1v) is 10.2. The molecule has 1 aromatic heterocycles. The Kier molecular flexibility index (Phi) is 4.43. The van der Waals surface area contributed by atoms with Gasteiger partial charge in [0, 0.05) is 27.7 Å². The van der Waals surface area contributed by atoms with Crippen LogP contribution in [-0.4, -0.2) is 0 Å². The van der Waals surface area contributed by atoms with Gasteiger partial charge in [0.1, 0.15) is 0 Å². The van der Waals surface area contributed by atoms with Crippen LogP contribution in [0.25, 0.3) is 31.7 Å². The number of hydrogen-bond acceptors (Lipinski definition) is 1. The Bertz CT molecular complexity index is 967. The summed E-state index contributed by atoms with van der Waals surface area (Å²) in [5.41, 5.74) is 3.93. The second-order valence-electron chi connectivity index (χ2n) is 5.32. The van der Waals surface area contributed by atoms with E-state index in [1.807, 2.05) is 11.3 Å². The molecule has 0 bridgehead atoms. The molecule has 3 aromatic carbocycles. The highest BCUT2D eigenvalue weighted by molar-refractivity contribution is 14.1. The summed E-state index contributed by atoms with van der Waals surface area (Å²) < 4.78 is 3.87. The van der Waals surface area contributed by atoms with Crippen molar-refractivity contribution in [3.05, 3.63) is 79.9 Å². The zero-order chi connectivity index (χ0) is 15.8. The molecule has 0 aliphatic rings. The van der Waals surface area contributed by atoms with Gasteiger partial charge in [-0.05, 0) is 86.6 Å². The van der Waals surface area contributed by atoms with Crippen molar-refractivity contribution < 1.29 is 0 Å². The lowest BCUT2D eigenvalue weighted by Crippen LogP contribution is -1.81. The van der Waals surface area contributed by atoms with Gasteiger partial charge in [0.05, 0.1) is 0 Å². The summed E-state index contributed by atoms with van der Waals surface area (Å²) in [4.78, 5) is 1.35. The van der Waals surface area contributed by atoms with Gasteiger partial charge in [0.15, 0.2) is 0 Å². The van der Waals surface area contributed by atoms with Crippen molar-refractivity contribution in [2.45, 2.75) is 0 Å². The molecule has 112 valence electrons. The van der Waals surface area contributed by atoms with E-state index in [4.69, 9.17) is 0 Å². The number of benzene rings is 3. The van der Waals surface area contributed by atoms with Crippen LogP contribution in [-0.2, 0) is 0 Å². The summed E-state index contributed by atoms with van der Waals surface area (Å²) >= 11 is 6.59. The molecule has 0 nitrogen and oxygen atoms in total. The van der Waals surface area contributed by atoms with E-state index in [-0.39, 0.29) is 0 Å². The van der Waals surface area contributed by atoms with Gasteiger partial charge in [-0.2, -0.15) is 0 Å². The Morgan fingerprint density at radius 3 is 1.83 bits per heavy atom. The number of halogens is 2. The first kappa shape index (κ1) is 15.6. The topological polar surface area (TPSA) is 0 Å². The number of thiophene rings is 1. The van der Waals surface area contributed by atoms with Crippen LogP contribution in [0.1, 0.15) is 0 Å². The monoisotopic (exact) mass is 538 g/mol. The first-order valence-electron chi connectivity index (χ1n) is 7.26. The highest BCUT2D eigenvalue weighted by Crippen LogP contribution is 2.44. The quantitative estimate of drug-likeness (QED) is 0.233. The number of hydrogen-bond donors (Lipinski definition) is 0. The summed E-state index contributed by atoms with van der Waals surface area (Å²) in [7, 11) is 0. The fourth-order valence-corrected chi connectivity index (χ4v) is 4.70.